The van der Waals surface area contributed by atoms with Gasteiger partial charge in [-0.15, -0.1) is 0 Å². The smallest absolute Gasteiger partial charge is 0.313 e. The number of carbonyl (C=O) groups excluding carboxylic acids is 1. The maximum Gasteiger partial charge on any atom is 0.313 e. The summed E-state index contributed by atoms with van der Waals surface area (Å²) < 4.78 is 16.7. The van der Waals surface area contributed by atoms with Gasteiger partial charge in [0.1, 0.15) is 0 Å². The van der Waals surface area contributed by atoms with Crippen LogP contribution in [0, 0.1) is 5.41 Å². The molecule has 0 saturated carbocycles. The van der Waals surface area contributed by atoms with Crippen molar-refractivity contribution in [3.63, 3.8) is 0 Å². The molecule has 28 heavy (non-hydrogen) atoms. The number of carbonyl (C=O) groups is 1. The second kappa shape index (κ2) is 8.23. The second-order valence-electron chi connectivity index (χ2n) is 7.63. The van der Waals surface area contributed by atoms with E-state index in [1.54, 1.807) is 0 Å². The van der Waals surface area contributed by atoms with E-state index in [1.165, 1.54) is 5.56 Å². The van der Waals surface area contributed by atoms with Crippen molar-refractivity contribution in [1.82, 2.24) is 4.90 Å². The molecule has 2 aromatic rings. The lowest BCUT2D eigenvalue weighted by Crippen LogP contribution is -2.49. The largest absolute Gasteiger partial charge is 0.466 e. The summed E-state index contributed by atoms with van der Waals surface area (Å²) in [7, 11) is 0. The van der Waals surface area contributed by atoms with Crippen LogP contribution in [0.15, 0.2) is 48.5 Å². The van der Waals surface area contributed by atoms with Crippen molar-refractivity contribution < 1.29 is 19.0 Å². The van der Waals surface area contributed by atoms with Crippen LogP contribution in [-0.4, -0.2) is 37.4 Å². The minimum absolute atomic E-state index is 0.0820. The number of hydrogen-bond acceptors (Lipinski definition) is 5. The number of esters is 1. The summed E-state index contributed by atoms with van der Waals surface area (Å²) >= 11 is 0. The van der Waals surface area contributed by atoms with Crippen LogP contribution < -0.4 is 9.47 Å². The predicted octanol–water partition coefficient (Wildman–Crippen LogP) is 3.80. The Morgan fingerprint density at radius 1 is 1.14 bits per heavy atom. The lowest BCUT2D eigenvalue weighted by Gasteiger charge is -2.41. The maximum absolute atomic E-state index is 13.0. The quantitative estimate of drug-likeness (QED) is 0.712. The fraction of sp³-hybridized carbons (Fsp3) is 0.435. The standard InChI is InChI=1S/C23H27NO4/c1-2-26-22(25)23(14-18-8-4-3-5-9-18)12-7-13-24(16-23)15-19-10-6-11-20-21(19)28-17-27-20/h3-6,8-11H,2,7,12-17H2,1H3. The molecule has 1 atom stereocenters. The third-order valence-electron chi connectivity index (χ3n) is 5.62. The normalized spacial score (nSPS) is 21.5. The van der Waals surface area contributed by atoms with Gasteiger partial charge in [-0.2, -0.15) is 0 Å². The van der Waals surface area contributed by atoms with Gasteiger partial charge < -0.3 is 14.2 Å². The Bertz CT molecular complexity index is 823. The van der Waals surface area contributed by atoms with Gasteiger partial charge in [0.15, 0.2) is 11.5 Å². The molecule has 1 unspecified atom stereocenters. The van der Waals surface area contributed by atoms with E-state index in [-0.39, 0.29) is 12.8 Å². The van der Waals surface area contributed by atoms with E-state index < -0.39 is 5.41 Å². The van der Waals surface area contributed by atoms with E-state index >= 15 is 0 Å². The molecule has 2 heterocycles. The molecule has 2 aromatic carbocycles. The number of likely N-dealkylation sites (tertiary alicyclic amines) is 1. The van der Waals surface area contributed by atoms with Gasteiger partial charge in [-0.25, -0.2) is 0 Å². The summed E-state index contributed by atoms with van der Waals surface area (Å²) in [6, 6.07) is 16.2. The number of hydrogen-bond donors (Lipinski definition) is 0. The van der Waals surface area contributed by atoms with Crippen molar-refractivity contribution in [3.05, 3.63) is 59.7 Å². The van der Waals surface area contributed by atoms with E-state index in [1.807, 2.05) is 37.3 Å². The Kier molecular flexibility index (Phi) is 5.53. The highest BCUT2D eigenvalue weighted by molar-refractivity contribution is 5.77. The lowest BCUT2D eigenvalue weighted by atomic mass is 9.75. The van der Waals surface area contributed by atoms with Gasteiger partial charge in [-0.1, -0.05) is 42.5 Å². The van der Waals surface area contributed by atoms with Gasteiger partial charge in [0.05, 0.1) is 12.0 Å². The van der Waals surface area contributed by atoms with Gasteiger partial charge >= 0.3 is 5.97 Å². The Labute approximate surface area is 166 Å². The fourth-order valence-electron chi connectivity index (χ4n) is 4.37. The van der Waals surface area contributed by atoms with Crippen molar-refractivity contribution in [2.75, 3.05) is 26.5 Å². The third kappa shape index (κ3) is 3.85. The molecule has 5 nitrogen and oxygen atoms in total. The molecule has 0 N–H and O–H groups in total. The van der Waals surface area contributed by atoms with E-state index in [2.05, 4.69) is 23.1 Å². The molecule has 2 aliphatic heterocycles. The first-order valence-electron chi connectivity index (χ1n) is 10.0. The van der Waals surface area contributed by atoms with Gasteiger partial charge in [0.25, 0.3) is 0 Å². The summed E-state index contributed by atoms with van der Waals surface area (Å²) in [5.74, 6) is 1.55. The highest BCUT2D eigenvalue weighted by Gasteiger charge is 2.43. The van der Waals surface area contributed by atoms with Gasteiger partial charge in [0, 0.05) is 18.7 Å². The first-order chi connectivity index (χ1) is 13.7. The average molecular weight is 381 g/mol. The van der Waals surface area contributed by atoms with Crippen LogP contribution in [0.25, 0.3) is 0 Å². The molecule has 0 radical (unpaired) electrons. The van der Waals surface area contributed by atoms with Crippen LogP contribution in [0.4, 0.5) is 0 Å². The number of para-hydroxylation sites is 1. The highest BCUT2D eigenvalue weighted by atomic mass is 16.7. The molecule has 0 aliphatic carbocycles. The van der Waals surface area contributed by atoms with E-state index in [0.29, 0.717) is 19.6 Å². The second-order valence-corrected chi connectivity index (χ2v) is 7.63. The zero-order valence-electron chi connectivity index (χ0n) is 16.4. The van der Waals surface area contributed by atoms with Crippen molar-refractivity contribution >= 4 is 5.97 Å². The molecular weight excluding hydrogens is 354 g/mol. The maximum atomic E-state index is 13.0. The number of nitrogens with zero attached hydrogens (tertiary/aromatic N) is 1. The summed E-state index contributed by atoms with van der Waals surface area (Å²) in [4.78, 5) is 15.4. The van der Waals surface area contributed by atoms with Crippen molar-refractivity contribution in [2.45, 2.75) is 32.7 Å². The molecule has 0 spiro atoms. The zero-order valence-corrected chi connectivity index (χ0v) is 16.4. The summed E-state index contributed by atoms with van der Waals surface area (Å²) in [5, 5.41) is 0. The Morgan fingerprint density at radius 2 is 2.00 bits per heavy atom. The van der Waals surface area contributed by atoms with E-state index in [9.17, 15) is 4.79 Å². The topological polar surface area (TPSA) is 48.0 Å². The molecule has 5 heteroatoms. The zero-order chi connectivity index (χ0) is 19.4. The Hall–Kier alpha value is -2.53. The number of ether oxygens (including phenoxy) is 3. The minimum atomic E-state index is -0.509. The van der Waals surface area contributed by atoms with Crippen molar-refractivity contribution in [3.8, 4) is 11.5 Å². The van der Waals surface area contributed by atoms with E-state index in [0.717, 1.165) is 43.0 Å². The van der Waals surface area contributed by atoms with Crippen molar-refractivity contribution in [2.24, 2.45) is 5.41 Å². The highest BCUT2D eigenvalue weighted by Crippen LogP contribution is 2.39. The molecule has 0 amide bonds. The minimum Gasteiger partial charge on any atom is -0.466 e. The van der Waals surface area contributed by atoms with Crippen LogP contribution >= 0.6 is 0 Å². The number of rotatable bonds is 6. The summed E-state index contributed by atoms with van der Waals surface area (Å²) in [5.41, 5.74) is 1.77. The van der Waals surface area contributed by atoms with Crippen LogP contribution in [0.5, 0.6) is 11.5 Å². The SMILES string of the molecule is CCOC(=O)C1(Cc2ccccc2)CCCN(Cc2cccc3c2OCO3)C1. The monoisotopic (exact) mass is 381 g/mol. The molecule has 1 fully saturated rings. The molecule has 1 saturated heterocycles. The number of benzene rings is 2. The fourth-order valence-corrected chi connectivity index (χ4v) is 4.37. The molecule has 4 rings (SSSR count). The van der Waals surface area contributed by atoms with Gasteiger partial charge in [-0.3, -0.25) is 9.69 Å². The predicted molar refractivity (Wildman–Crippen MR) is 106 cm³/mol. The Morgan fingerprint density at radius 3 is 2.82 bits per heavy atom. The van der Waals surface area contributed by atoms with Crippen LogP contribution in [0.2, 0.25) is 0 Å². The number of fused-ring (bicyclic) bond motifs is 1. The van der Waals surface area contributed by atoms with Crippen LogP contribution in [0.1, 0.15) is 30.9 Å². The molecular formula is C23H27NO4. The third-order valence-corrected chi connectivity index (χ3v) is 5.62. The first kappa shape index (κ1) is 18.8. The van der Waals surface area contributed by atoms with Gasteiger partial charge in [-0.05, 0) is 44.4 Å². The van der Waals surface area contributed by atoms with Crippen molar-refractivity contribution in [1.29, 1.82) is 0 Å². The van der Waals surface area contributed by atoms with Gasteiger partial charge in [0.2, 0.25) is 6.79 Å². The number of piperidine rings is 1. The lowest BCUT2D eigenvalue weighted by molar-refractivity contribution is -0.159. The van der Waals surface area contributed by atoms with Crippen LogP contribution in [-0.2, 0) is 22.5 Å². The molecule has 0 aromatic heterocycles. The average Bonchev–Trinajstić information content (AvgIpc) is 3.19. The molecule has 2 aliphatic rings. The molecule has 0 bridgehead atoms. The van der Waals surface area contributed by atoms with Crippen LogP contribution in [0.3, 0.4) is 0 Å². The molecule has 148 valence electrons. The Balaban J connectivity index is 1.56. The van der Waals surface area contributed by atoms with E-state index in [4.69, 9.17) is 14.2 Å². The first-order valence-corrected chi connectivity index (χ1v) is 10.0. The summed E-state index contributed by atoms with van der Waals surface area (Å²) in [6.45, 7) is 4.94. The summed E-state index contributed by atoms with van der Waals surface area (Å²) in [6.07, 6.45) is 2.53.